The predicted molar refractivity (Wildman–Crippen MR) is 75.1 cm³/mol. The normalized spacial score (nSPS) is 10.4. The minimum absolute atomic E-state index is 0.169. The SMILES string of the molecule is N#Cc1nc2ccc(OCc3ccccc3F)cc2s1. The molecule has 0 saturated carbocycles. The Hall–Kier alpha value is -2.45. The summed E-state index contributed by atoms with van der Waals surface area (Å²) in [5, 5.41) is 9.24. The molecule has 0 aliphatic rings. The van der Waals surface area contributed by atoms with E-state index in [4.69, 9.17) is 10.00 Å². The summed E-state index contributed by atoms with van der Waals surface area (Å²) in [5.41, 5.74) is 1.28. The second-order valence-electron chi connectivity index (χ2n) is 4.14. The lowest BCUT2D eigenvalue weighted by Gasteiger charge is -2.06. The molecule has 0 spiro atoms. The molecule has 5 heteroatoms. The van der Waals surface area contributed by atoms with E-state index in [1.807, 2.05) is 12.1 Å². The van der Waals surface area contributed by atoms with Gasteiger partial charge in [-0.05, 0) is 24.3 Å². The van der Waals surface area contributed by atoms with Crippen molar-refractivity contribution in [3.63, 3.8) is 0 Å². The quantitative estimate of drug-likeness (QED) is 0.733. The fourth-order valence-corrected chi connectivity index (χ4v) is 2.61. The molecule has 0 radical (unpaired) electrons. The number of aromatic nitrogens is 1. The zero-order valence-corrected chi connectivity index (χ0v) is 11.2. The van der Waals surface area contributed by atoms with Crippen LogP contribution in [0, 0.1) is 17.1 Å². The molecular weight excluding hydrogens is 275 g/mol. The molecule has 1 heterocycles. The van der Waals surface area contributed by atoms with Crippen molar-refractivity contribution < 1.29 is 9.13 Å². The smallest absolute Gasteiger partial charge is 0.195 e. The van der Waals surface area contributed by atoms with E-state index in [0.717, 1.165) is 10.2 Å². The van der Waals surface area contributed by atoms with Crippen molar-refractivity contribution in [2.45, 2.75) is 6.61 Å². The fourth-order valence-electron chi connectivity index (χ4n) is 1.82. The van der Waals surface area contributed by atoms with Gasteiger partial charge in [0.25, 0.3) is 0 Å². The van der Waals surface area contributed by atoms with Crippen LogP contribution >= 0.6 is 11.3 Å². The number of nitrogens with zero attached hydrogens (tertiary/aromatic N) is 2. The first-order valence-electron chi connectivity index (χ1n) is 5.93. The van der Waals surface area contributed by atoms with Crippen LogP contribution in [0.4, 0.5) is 4.39 Å². The first-order valence-corrected chi connectivity index (χ1v) is 6.75. The predicted octanol–water partition coefficient (Wildman–Crippen LogP) is 3.89. The number of halogens is 1. The van der Waals surface area contributed by atoms with Crippen molar-refractivity contribution >= 4 is 21.6 Å². The molecule has 98 valence electrons. The summed E-state index contributed by atoms with van der Waals surface area (Å²) in [4.78, 5) is 4.15. The average molecular weight is 284 g/mol. The van der Waals surface area contributed by atoms with E-state index in [-0.39, 0.29) is 12.4 Å². The molecular formula is C15H9FN2OS. The first kappa shape index (κ1) is 12.6. The summed E-state index contributed by atoms with van der Waals surface area (Å²) in [6.45, 7) is 0.169. The molecule has 1 aromatic heterocycles. The molecule has 3 rings (SSSR count). The molecule has 0 atom stereocenters. The van der Waals surface area contributed by atoms with Crippen molar-refractivity contribution in [3.05, 3.63) is 58.9 Å². The minimum atomic E-state index is -0.280. The zero-order valence-electron chi connectivity index (χ0n) is 10.3. The highest BCUT2D eigenvalue weighted by Crippen LogP contribution is 2.26. The maximum absolute atomic E-state index is 13.5. The van der Waals surface area contributed by atoms with Crippen LogP contribution in [0.1, 0.15) is 10.6 Å². The zero-order chi connectivity index (χ0) is 13.9. The molecule has 0 aliphatic carbocycles. The number of hydrogen-bond donors (Lipinski definition) is 0. The highest BCUT2D eigenvalue weighted by molar-refractivity contribution is 7.19. The van der Waals surface area contributed by atoms with Gasteiger partial charge in [0.1, 0.15) is 24.2 Å². The Morgan fingerprint density at radius 3 is 2.90 bits per heavy atom. The Labute approximate surface area is 118 Å². The van der Waals surface area contributed by atoms with E-state index in [0.29, 0.717) is 16.3 Å². The third-order valence-electron chi connectivity index (χ3n) is 2.81. The number of thiazole rings is 1. The Bertz CT molecular complexity index is 807. The number of hydrogen-bond acceptors (Lipinski definition) is 4. The first-order chi connectivity index (χ1) is 9.76. The molecule has 0 unspecified atom stereocenters. The van der Waals surface area contributed by atoms with Gasteiger partial charge in [0.2, 0.25) is 0 Å². The molecule has 2 aromatic carbocycles. The Kier molecular flexibility index (Phi) is 3.32. The van der Waals surface area contributed by atoms with E-state index >= 15 is 0 Å². The Morgan fingerprint density at radius 1 is 1.25 bits per heavy atom. The van der Waals surface area contributed by atoms with Crippen molar-refractivity contribution in [1.82, 2.24) is 4.98 Å². The molecule has 0 aliphatic heterocycles. The molecule has 3 aromatic rings. The Balaban J connectivity index is 1.81. The summed E-state index contributed by atoms with van der Waals surface area (Å²) in [5.74, 6) is 0.354. The van der Waals surface area contributed by atoms with Crippen molar-refractivity contribution in [2.24, 2.45) is 0 Å². The standard InChI is InChI=1S/C15H9FN2OS/c16-12-4-2-1-3-10(12)9-19-11-5-6-13-14(7-11)20-15(8-17)18-13/h1-7H,9H2. The Morgan fingerprint density at radius 2 is 2.10 bits per heavy atom. The number of nitriles is 1. The number of rotatable bonds is 3. The van der Waals surface area contributed by atoms with Crippen LogP contribution in [0.5, 0.6) is 5.75 Å². The van der Waals surface area contributed by atoms with E-state index < -0.39 is 0 Å². The fraction of sp³-hybridized carbons (Fsp3) is 0.0667. The van der Waals surface area contributed by atoms with Gasteiger partial charge in [0.15, 0.2) is 5.01 Å². The summed E-state index contributed by atoms with van der Waals surface area (Å²) < 4.78 is 19.9. The largest absolute Gasteiger partial charge is 0.489 e. The number of benzene rings is 2. The second kappa shape index (κ2) is 5.27. The van der Waals surface area contributed by atoms with Gasteiger partial charge in [-0.15, -0.1) is 11.3 Å². The van der Waals surface area contributed by atoms with E-state index in [1.54, 1.807) is 30.3 Å². The molecule has 0 saturated heterocycles. The van der Waals surface area contributed by atoms with Crippen molar-refractivity contribution in [1.29, 1.82) is 5.26 Å². The minimum Gasteiger partial charge on any atom is -0.489 e. The molecule has 0 N–H and O–H groups in total. The average Bonchev–Trinajstić information content (AvgIpc) is 2.88. The van der Waals surface area contributed by atoms with Crippen LogP contribution in [0.2, 0.25) is 0 Å². The van der Waals surface area contributed by atoms with Crippen LogP contribution in [0.3, 0.4) is 0 Å². The summed E-state index contributed by atoms with van der Waals surface area (Å²) >= 11 is 1.31. The van der Waals surface area contributed by atoms with Crippen molar-refractivity contribution in [3.8, 4) is 11.8 Å². The summed E-state index contributed by atoms with van der Waals surface area (Å²) in [6.07, 6.45) is 0. The third kappa shape index (κ3) is 2.46. The highest BCUT2D eigenvalue weighted by atomic mass is 32.1. The van der Waals surface area contributed by atoms with Gasteiger partial charge in [-0.3, -0.25) is 0 Å². The maximum atomic E-state index is 13.5. The van der Waals surface area contributed by atoms with Crippen molar-refractivity contribution in [2.75, 3.05) is 0 Å². The van der Waals surface area contributed by atoms with Gasteiger partial charge in [-0.1, -0.05) is 18.2 Å². The summed E-state index contributed by atoms with van der Waals surface area (Å²) in [7, 11) is 0. The van der Waals surface area contributed by atoms with E-state index in [1.165, 1.54) is 17.4 Å². The van der Waals surface area contributed by atoms with Crippen LogP contribution in [0.15, 0.2) is 42.5 Å². The van der Waals surface area contributed by atoms with Crippen LogP contribution in [-0.4, -0.2) is 4.98 Å². The molecule has 3 nitrogen and oxygen atoms in total. The lowest BCUT2D eigenvalue weighted by Crippen LogP contribution is -1.97. The van der Waals surface area contributed by atoms with Gasteiger partial charge in [0, 0.05) is 5.56 Å². The topological polar surface area (TPSA) is 45.9 Å². The highest BCUT2D eigenvalue weighted by Gasteiger charge is 2.06. The third-order valence-corrected chi connectivity index (χ3v) is 3.73. The van der Waals surface area contributed by atoms with Crippen LogP contribution in [-0.2, 0) is 6.61 Å². The number of fused-ring (bicyclic) bond motifs is 1. The van der Waals surface area contributed by atoms with Crippen LogP contribution in [0.25, 0.3) is 10.2 Å². The second-order valence-corrected chi connectivity index (χ2v) is 5.17. The lowest BCUT2D eigenvalue weighted by atomic mass is 10.2. The van der Waals surface area contributed by atoms with Gasteiger partial charge in [0.05, 0.1) is 10.2 Å². The maximum Gasteiger partial charge on any atom is 0.195 e. The molecule has 20 heavy (non-hydrogen) atoms. The molecule has 0 fully saturated rings. The van der Waals surface area contributed by atoms with Gasteiger partial charge < -0.3 is 4.74 Å². The van der Waals surface area contributed by atoms with Crippen LogP contribution < -0.4 is 4.74 Å². The summed E-state index contributed by atoms with van der Waals surface area (Å²) in [6, 6.07) is 13.9. The van der Waals surface area contributed by atoms with Gasteiger partial charge in [-0.2, -0.15) is 5.26 Å². The molecule has 0 amide bonds. The number of ether oxygens (including phenoxy) is 1. The van der Waals surface area contributed by atoms with Gasteiger partial charge >= 0.3 is 0 Å². The van der Waals surface area contributed by atoms with E-state index in [2.05, 4.69) is 4.98 Å². The van der Waals surface area contributed by atoms with E-state index in [9.17, 15) is 4.39 Å². The van der Waals surface area contributed by atoms with Gasteiger partial charge in [-0.25, -0.2) is 9.37 Å². The monoisotopic (exact) mass is 284 g/mol. The molecule has 0 bridgehead atoms. The lowest BCUT2D eigenvalue weighted by molar-refractivity contribution is 0.300.